The largest absolute Gasteiger partial charge is 0.390 e. The number of hydrogen-bond donors (Lipinski definition) is 2. The molecule has 4 nitrogen and oxygen atoms in total. The van der Waals surface area contributed by atoms with E-state index in [-0.39, 0.29) is 6.10 Å². The molecular weight excluding hydrogens is 190 g/mol. The molecule has 0 spiro atoms. The summed E-state index contributed by atoms with van der Waals surface area (Å²) in [5.41, 5.74) is 0. The number of aliphatic hydroxyl groups excluding tert-OH is 1. The number of rotatable bonds is 6. The summed E-state index contributed by atoms with van der Waals surface area (Å²) in [4.78, 5) is 4.59. The van der Waals surface area contributed by atoms with Crippen LogP contribution in [0.15, 0.2) is 0 Å². The van der Waals surface area contributed by atoms with E-state index in [1.807, 2.05) is 0 Å². The summed E-state index contributed by atoms with van der Waals surface area (Å²) in [6, 6.07) is 0.317. The van der Waals surface area contributed by atoms with Crippen molar-refractivity contribution in [2.24, 2.45) is 0 Å². The van der Waals surface area contributed by atoms with E-state index in [0.717, 1.165) is 32.7 Å². The van der Waals surface area contributed by atoms with Crippen molar-refractivity contribution in [3.05, 3.63) is 0 Å². The van der Waals surface area contributed by atoms with Gasteiger partial charge in [-0.3, -0.25) is 4.90 Å². The van der Waals surface area contributed by atoms with Gasteiger partial charge in [-0.05, 0) is 40.2 Å². The van der Waals surface area contributed by atoms with Crippen molar-refractivity contribution in [1.29, 1.82) is 0 Å². The fraction of sp³-hybridized carbons (Fsp3) is 1.00. The highest BCUT2D eigenvalue weighted by Gasteiger charge is 2.29. The van der Waals surface area contributed by atoms with Crippen LogP contribution in [0.2, 0.25) is 0 Å². The average Bonchev–Trinajstić information content (AvgIpc) is 2.59. The van der Waals surface area contributed by atoms with Crippen LogP contribution in [0.25, 0.3) is 0 Å². The Morgan fingerprint density at radius 1 is 1.27 bits per heavy atom. The molecular formula is C11H25N3O. The second kappa shape index (κ2) is 6.43. The minimum atomic E-state index is -0.190. The van der Waals surface area contributed by atoms with Crippen LogP contribution in [0.1, 0.15) is 13.3 Å². The molecule has 4 heteroatoms. The molecule has 0 aliphatic carbocycles. The summed E-state index contributed by atoms with van der Waals surface area (Å²) in [5.74, 6) is 0. The zero-order valence-corrected chi connectivity index (χ0v) is 10.2. The maximum Gasteiger partial charge on any atom is 0.0831 e. The lowest BCUT2D eigenvalue weighted by molar-refractivity contribution is 0.0842. The monoisotopic (exact) mass is 215 g/mol. The molecule has 90 valence electrons. The first-order chi connectivity index (χ1) is 7.15. The van der Waals surface area contributed by atoms with Gasteiger partial charge in [-0.1, -0.05) is 6.92 Å². The third-order valence-electron chi connectivity index (χ3n) is 3.08. The minimum Gasteiger partial charge on any atom is -0.390 e. The molecule has 2 unspecified atom stereocenters. The highest BCUT2D eigenvalue weighted by atomic mass is 16.3. The summed E-state index contributed by atoms with van der Waals surface area (Å²) in [7, 11) is 4.20. The minimum absolute atomic E-state index is 0.190. The van der Waals surface area contributed by atoms with E-state index in [4.69, 9.17) is 0 Å². The Bertz CT molecular complexity index is 175. The first kappa shape index (κ1) is 12.9. The molecule has 0 amide bonds. The molecule has 2 N–H and O–H groups in total. The van der Waals surface area contributed by atoms with Gasteiger partial charge in [-0.25, -0.2) is 0 Å². The van der Waals surface area contributed by atoms with E-state index >= 15 is 0 Å². The fourth-order valence-corrected chi connectivity index (χ4v) is 2.17. The van der Waals surface area contributed by atoms with Gasteiger partial charge in [0.25, 0.3) is 0 Å². The summed E-state index contributed by atoms with van der Waals surface area (Å²) < 4.78 is 0. The molecule has 15 heavy (non-hydrogen) atoms. The standard InChI is InChI=1S/C11H25N3O/c1-4-14(7-5-6-13(2)3)10-8-12-9-11(10)15/h10-12,15H,4-9H2,1-3H3. The van der Waals surface area contributed by atoms with Gasteiger partial charge in [0.1, 0.15) is 0 Å². The van der Waals surface area contributed by atoms with E-state index in [0.29, 0.717) is 6.04 Å². The zero-order chi connectivity index (χ0) is 11.3. The van der Waals surface area contributed by atoms with E-state index < -0.39 is 0 Å². The Labute approximate surface area is 93.2 Å². The predicted molar refractivity (Wildman–Crippen MR) is 63.1 cm³/mol. The highest BCUT2D eigenvalue weighted by Crippen LogP contribution is 2.09. The van der Waals surface area contributed by atoms with Crippen LogP contribution in [0.5, 0.6) is 0 Å². The predicted octanol–water partition coefficient (Wildman–Crippen LogP) is -0.407. The van der Waals surface area contributed by atoms with Gasteiger partial charge in [-0.2, -0.15) is 0 Å². The summed E-state index contributed by atoms with van der Waals surface area (Å²) in [6.07, 6.45) is 0.980. The maximum atomic E-state index is 9.78. The maximum absolute atomic E-state index is 9.78. The highest BCUT2D eigenvalue weighted by molar-refractivity contribution is 4.88. The van der Waals surface area contributed by atoms with Gasteiger partial charge < -0.3 is 15.3 Å². The van der Waals surface area contributed by atoms with Crippen molar-refractivity contribution in [2.75, 3.05) is 46.8 Å². The second-order valence-corrected chi connectivity index (χ2v) is 4.58. The van der Waals surface area contributed by atoms with E-state index in [1.54, 1.807) is 0 Å². The molecule has 2 atom stereocenters. The molecule has 0 aromatic rings. The van der Waals surface area contributed by atoms with Gasteiger partial charge in [-0.15, -0.1) is 0 Å². The molecule has 0 saturated carbocycles. The van der Waals surface area contributed by atoms with Crippen molar-refractivity contribution < 1.29 is 5.11 Å². The average molecular weight is 215 g/mol. The molecule has 1 rings (SSSR count). The summed E-state index contributed by atoms with van der Waals surface area (Å²) in [6.45, 7) is 7.06. The lowest BCUT2D eigenvalue weighted by atomic mass is 10.1. The number of likely N-dealkylation sites (N-methyl/N-ethyl adjacent to an activating group) is 1. The van der Waals surface area contributed by atoms with Crippen LogP contribution in [-0.2, 0) is 0 Å². The van der Waals surface area contributed by atoms with Gasteiger partial charge >= 0.3 is 0 Å². The molecule has 1 aliphatic heterocycles. The lowest BCUT2D eigenvalue weighted by Gasteiger charge is -2.29. The first-order valence-electron chi connectivity index (χ1n) is 5.92. The van der Waals surface area contributed by atoms with Crippen molar-refractivity contribution >= 4 is 0 Å². The van der Waals surface area contributed by atoms with Crippen molar-refractivity contribution in [2.45, 2.75) is 25.5 Å². The normalized spacial score (nSPS) is 26.8. The van der Waals surface area contributed by atoms with E-state index in [9.17, 15) is 5.11 Å². The molecule has 1 heterocycles. The van der Waals surface area contributed by atoms with E-state index in [1.165, 1.54) is 6.42 Å². The van der Waals surface area contributed by atoms with Gasteiger partial charge in [0.2, 0.25) is 0 Å². The second-order valence-electron chi connectivity index (χ2n) is 4.58. The summed E-state index contributed by atoms with van der Waals surface area (Å²) >= 11 is 0. The topological polar surface area (TPSA) is 38.7 Å². The SMILES string of the molecule is CCN(CCCN(C)C)C1CNCC1O. The van der Waals surface area contributed by atoms with Crippen molar-refractivity contribution in [1.82, 2.24) is 15.1 Å². The quantitative estimate of drug-likeness (QED) is 0.632. The van der Waals surface area contributed by atoms with Gasteiger partial charge in [0.05, 0.1) is 6.10 Å². The number of nitrogens with zero attached hydrogens (tertiary/aromatic N) is 2. The molecule has 0 bridgehead atoms. The first-order valence-corrected chi connectivity index (χ1v) is 5.92. The number of nitrogens with one attached hydrogen (secondary N) is 1. The molecule has 1 fully saturated rings. The van der Waals surface area contributed by atoms with Crippen LogP contribution >= 0.6 is 0 Å². The Balaban J connectivity index is 2.28. The van der Waals surface area contributed by atoms with Crippen LogP contribution in [0.3, 0.4) is 0 Å². The smallest absolute Gasteiger partial charge is 0.0831 e. The third kappa shape index (κ3) is 4.07. The Hall–Kier alpha value is -0.160. The molecule has 0 radical (unpaired) electrons. The Kier molecular flexibility index (Phi) is 5.53. The van der Waals surface area contributed by atoms with Crippen molar-refractivity contribution in [3.63, 3.8) is 0 Å². The Morgan fingerprint density at radius 2 is 2.00 bits per heavy atom. The lowest BCUT2D eigenvalue weighted by Crippen LogP contribution is -2.44. The number of β-amino-alcohol motifs (C(OH)–C–C–N with tert-alkyl or cyclic N) is 1. The van der Waals surface area contributed by atoms with Crippen molar-refractivity contribution in [3.8, 4) is 0 Å². The van der Waals surface area contributed by atoms with Crippen LogP contribution in [-0.4, -0.2) is 73.9 Å². The van der Waals surface area contributed by atoms with Gasteiger partial charge in [0, 0.05) is 19.1 Å². The Morgan fingerprint density at radius 3 is 2.47 bits per heavy atom. The van der Waals surface area contributed by atoms with Crippen LogP contribution < -0.4 is 5.32 Å². The molecule has 1 saturated heterocycles. The fourth-order valence-electron chi connectivity index (χ4n) is 2.17. The molecule has 1 aliphatic rings. The number of aliphatic hydroxyl groups is 1. The van der Waals surface area contributed by atoms with E-state index in [2.05, 4.69) is 36.1 Å². The zero-order valence-electron chi connectivity index (χ0n) is 10.2. The third-order valence-corrected chi connectivity index (χ3v) is 3.08. The number of hydrogen-bond acceptors (Lipinski definition) is 4. The molecule has 0 aromatic carbocycles. The van der Waals surface area contributed by atoms with Crippen LogP contribution in [0, 0.1) is 0 Å². The van der Waals surface area contributed by atoms with Gasteiger partial charge in [0.15, 0.2) is 0 Å². The molecule has 0 aromatic heterocycles. The summed E-state index contributed by atoms with van der Waals surface area (Å²) in [5, 5.41) is 13.0. The van der Waals surface area contributed by atoms with Crippen LogP contribution in [0.4, 0.5) is 0 Å².